The minimum Gasteiger partial charge on any atom is -0.391 e. The molecule has 0 fully saturated rings. The average Bonchev–Trinajstić information content (AvgIpc) is 2.66. The molecular weight excluding hydrogens is 450 g/mol. The number of rotatable bonds is 10. The van der Waals surface area contributed by atoms with Crippen molar-refractivity contribution in [2.75, 3.05) is 17.9 Å². The fourth-order valence-corrected chi connectivity index (χ4v) is 3.87. The van der Waals surface area contributed by atoms with Crippen LogP contribution in [0.25, 0.3) is 0 Å². The normalized spacial score (nSPS) is 11.0. The highest BCUT2D eigenvalue weighted by Crippen LogP contribution is 2.17. The maximum Gasteiger partial charge on any atom is 0.272 e. The number of pyridine rings is 1. The Hall–Kier alpha value is -3.68. The molecule has 1 aromatic heterocycles. The zero-order valence-electron chi connectivity index (χ0n) is 16.9. The molecule has 0 radical (unpaired) electrons. The summed E-state index contributed by atoms with van der Waals surface area (Å²) in [6.07, 6.45) is -0.323. The van der Waals surface area contributed by atoms with Crippen LogP contribution in [0.3, 0.4) is 0 Å². The number of carbonyl (C=O) groups excluding carboxylic acids is 1. The van der Waals surface area contributed by atoms with Crippen molar-refractivity contribution >= 4 is 27.6 Å². The Kier molecular flexibility index (Phi) is 8.12. The van der Waals surface area contributed by atoms with Crippen LogP contribution in [-0.2, 0) is 31.8 Å². The van der Waals surface area contributed by atoms with Crippen LogP contribution >= 0.6 is 0 Å². The Morgan fingerprint density at radius 2 is 1.94 bits per heavy atom. The minimum atomic E-state index is -4.19. The molecule has 0 atom stereocenters. The lowest BCUT2D eigenvalue weighted by atomic mass is 10.1. The number of hydrogen-bond donors (Lipinski definition) is 5. The molecule has 2 aromatic rings. The zero-order chi connectivity index (χ0) is 23.9. The molecule has 0 aliphatic carbocycles. The second-order valence-corrected chi connectivity index (χ2v) is 8.39. The summed E-state index contributed by atoms with van der Waals surface area (Å²) in [5.41, 5.74) is 9.54. The van der Waals surface area contributed by atoms with E-state index in [1.165, 1.54) is 6.07 Å². The second kappa shape index (κ2) is 10.6. The predicted octanol–water partition coefficient (Wildman–Crippen LogP) is -0.233. The molecule has 7 N–H and O–H groups in total. The van der Waals surface area contributed by atoms with E-state index < -0.39 is 38.9 Å². The first-order valence-electron chi connectivity index (χ1n) is 9.11. The summed E-state index contributed by atoms with van der Waals surface area (Å²) in [6.45, 7) is 1.59. The van der Waals surface area contributed by atoms with Gasteiger partial charge in [0.05, 0.1) is 18.7 Å². The number of anilines is 1. The third kappa shape index (κ3) is 7.54. The van der Waals surface area contributed by atoms with Crippen molar-refractivity contribution in [2.24, 2.45) is 16.6 Å². The molecule has 174 valence electrons. The number of guanidine groups is 1. The minimum absolute atomic E-state index is 0.0221. The van der Waals surface area contributed by atoms with E-state index in [9.17, 15) is 26.8 Å². The summed E-state index contributed by atoms with van der Waals surface area (Å²) >= 11 is 0. The molecule has 1 amide bonds. The molecular formula is C18H22F2N6O5S. The number of oxime groups is 1. The Labute approximate surface area is 181 Å². The van der Waals surface area contributed by atoms with Crippen LogP contribution in [-0.4, -0.2) is 38.4 Å². The van der Waals surface area contributed by atoms with E-state index in [1.807, 2.05) is 0 Å². The standard InChI is InChI=1S/C18H22F2N6O5S/c1-10-6-12(8-15(27)23-4-5-31-25-18(21)22)16(17(28)24-10)26-32(29,30)9-11-2-3-13(19)14(20)7-11/h2-3,6-7,26H,4-5,8-9H2,1H3,(H,23,27)(H,24,28)(H4,21,22,25). The number of benzene rings is 1. The van der Waals surface area contributed by atoms with Gasteiger partial charge in [-0.3, -0.25) is 14.3 Å². The number of amides is 1. The lowest BCUT2D eigenvalue weighted by Gasteiger charge is -2.13. The zero-order valence-corrected chi connectivity index (χ0v) is 17.8. The summed E-state index contributed by atoms with van der Waals surface area (Å²) in [7, 11) is -4.19. The van der Waals surface area contributed by atoms with Crippen LogP contribution < -0.4 is 27.1 Å². The van der Waals surface area contributed by atoms with Crippen LogP contribution in [0, 0.1) is 18.6 Å². The molecule has 0 spiro atoms. The van der Waals surface area contributed by atoms with Crippen molar-refractivity contribution in [1.82, 2.24) is 10.3 Å². The molecule has 32 heavy (non-hydrogen) atoms. The monoisotopic (exact) mass is 472 g/mol. The first kappa shape index (κ1) is 24.6. The van der Waals surface area contributed by atoms with Crippen molar-refractivity contribution in [1.29, 1.82) is 0 Å². The number of hydrogen-bond acceptors (Lipinski definition) is 6. The molecule has 0 unspecified atom stereocenters. The van der Waals surface area contributed by atoms with E-state index in [1.54, 1.807) is 6.92 Å². The van der Waals surface area contributed by atoms with E-state index in [0.29, 0.717) is 5.69 Å². The number of aryl methyl sites for hydroxylation is 1. The quantitative estimate of drug-likeness (QED) is 0.137. The second-order valence-electron chi connectivity index (χ2n) is 6.67. The predicted molar refractivity (Wildman–Crippen MR) is 113 cm³/mol. The fraction of sp³-hybridized carbons (Fsp3) is 0.278. The van der Waals surface area contributed by atoms with Gasteiger partial charge in [0.15, 0.2) is 11.6 Å². The van der Waals surface area contributed by atoms with Crippen molar-refractivity contribution in [3.8, 4) is 0 Å². The molecule has 14 heteroatoms. The Balaban J connectivity index is 2.14. The van der Waals surface area contributed by atoms with Gasteiger partial charge in [-0.2, -0.15) is 0 Å². The lowest BCUT2D eigenvalue weighted by Crippen LogP contribution is -2.30. The maximum atomic E-state index is 13.4. The summed E-state index contributed by atoms with van der Waals surface area (Å²) in [4.78, 5) is 31.7. The van der Waals surface area contributed by atoms with Crippen molar-refractivity contribution in [3.63, 3.8) is 0 Å². The Morgan fingerprint density at radius 3 is 2.59 bits per heavy atom. The van der Waals surface area contributed by atoms with Crippen molar-refractivity contribution in [3.05, 3.63) is 63.1 Å². The van der Waals surface area contributed by atoms with Gasteiger partial charge in [0.1, 0.15) is 12.3 Å². The van der Waals surface area contributed by atoms with Gasteiger partial charge in [0.25, 0.3) is 5.56 Å². The number of halogens is 2. The molecule has 0 aliphatic heterocycles. The van der Waals surface area contributed by atoms with E-state index in [4.69, 9.17) is 16.3 Å². The molecule has 1 heterocycles. The maximum absolute atomic E-state index is 13.4. The molecule has 1 aromatic carbocycles. The van der Waals surface area contributed by atoms with Crippen LogP contribution in [0.1, 0.15) is 16.8 Å². The SMILES string of the molecule is Cc1cc(CC(=O)NCCON=C(N)N)c(NS(=O)(=O)Cc2ccc(F)c(F)c2)c(=O)[nH]1. The van der Waals surface area contributed by atoms with Gasteiger partial charge in [-0.15, -0.1) is 0 Å². The van der Waals surface area contributed by atoms with Gasteiger partial charge in [0, 0.05) is 5.69 Å². The molecule has 11 nitrogen and oxygen atoms in total. The topological polar surface area (TPSA) is 182 Å². The number of nitrogens with one attached hydrogen (secondary N) is 3. The highest BCUT2D eigenvalue weighted by Gasteiger charge is 2.19. The highest BCUT2D eigenvalue weighted by molar-refractivity contribution is 7.91. The number of sulfonamides is 1. The van der Waals surface area contributed by atoms with E-state index >= 15 is 0 Å². The largest absolute Gasteiger partial charge is 0.391 e. The fourth-order valence-electron chi connectivity index (χ4n) is 2.64. The molecule has 0 aliphatic rings. The Morgan fingerprint density at radius 1 is 1.22 bits per heavy atom. The number of H-pyrrole nitrogens is 1. The molecule has 2 rings (SSSR count). The summed E-state index contributed by atoms with van der Waals surface area (Å²) in [6, 6.07) is 4.08. The van der Waals surface area contributed by atoms with Gasteiger partial charge in [-0.1, -0.05) is 6.07 Å². The highest BCUT2D eigenvalue weighted by atomic mass is 32.2. The van der Waals surface area contributed by atoms with Crippen LogP contribution in [0.5, 0.6) is 0 Å². The van der Waals surface area contributed by atoms with E-state index in [0.717, 1.165) is 18.2 Å². The van der Waals surface area contributed by atoms with Gasteiger partial charge in [-0.05, 0) is 41.4 Å². The number of nitrogens with two attached hydrogens (primary N) is 2. The summed E-state index contributed by atoms with van der Waals surface area (Å²) in [5.74, 6) is -3.84. The van der Waals surface area contributed by atoms with Crippen LogP contribution in [0.15, 0.2) is 34.2 Å². The third-order valence-corrected chi connectivity index (χ3v) is 5.11. The van der Waals surface area contributed by atoms with Gasteiger partial charge < -0.3 is 26.6 Å². The number of carbonyl (C=O) groups is 1. The van der Waals surface area contributed by atoms with Gasteiger partial charge >= 0.3 is 0 Å². The Bertz CT molecular complexity index is 1180. The number of aromatic nitrogens is 1. The molecule has 0 saturated heterocycles. The summed E-state index contributed by atoms with van der Waals surface area (Å²) < 4.78 is 53.6. The first-order chi connectivity index (χ1) is 15.0. The third-order valence-electron chi connectivity index (χ3n) is 3.88. The smallest absolute Gasteiger partial charge is 0.272 e. The average molecular weight is 472 g/mol. The molecule has 0 saturated carbocycles. The van der Waals surface area contributed by atoms with Crippen LogP contribution in [0.4, 0.5) is 14.5 Å². The lowest BCUT2D eigenvalue weighted by molar-refractivity contribution is -0.120. The van der Waals surface area contributed by atoms with E-state index in [-0.39, 0.29) is 42.3 Å². The number of nitrogens with zero attached hydrogens (tertiary/aromatic N) is 1. The van der Waals surface area contributed by atoms with Gasteiger partial charge in [0.2, 0.25) is 21.9 Å². The number of aromatic amines is 1. The van der Waals surface area contributed by atoms with Gasteiger partial charge in [-0.25, -0.2) is 17.2 Å². The molecule has 0 bridgehead atoms. The van der Waals surface area contributed by atoms with E-state index in [2.05, 4.69) is 20.2 Å². The first-order valence-corrected chi connectivity index (χ1v) is 10.8. The van der Waals surface area contributed by atoms with Crippen molar-refractivity contribution < 1.29 is 26.8 Å². The van der Waals surface area contributed by atoms with Crippen LogP contribution in [0.2, 0.25) is 0 Å². The van der Waals surface area contributed by atoms with Crippen molar-refractivity contribution in [2.45, 2.75) is 19.1 Å². The summed E-state index contributed by atoms with van der Waals surface area (Å²) in [5, 5.41) is 5.79.